The van der Waals surface area contributed by atoms with Crippen molar-refractivity contribution < 1.29 is 18.7 Å². The number of rotatable bonds is 5. The minimum absolute atomic E-state index is 0.136. The standard InChI is InChI=1S/C19H19NO5S/c1-5-12-6-13-16(7-15(12)25-11(3)19(22)23-4)24-8-14(17(13)21)18-20-10(2)9-26-18/h6-9,11H,5H2,1-4H3. The molecular weight excluding hydrogens is 354 g/mol. The second-order valence-corrected chi connectivity index (χ2v) is 6.72. The third-order valence-electron chi connectivity index (χ3n) is 4.02. The van der Waals surface area contributed by atoms with Crippen LogP contribution in [0.1, 0.15) is 25.1 Å². The topological polar surface area (TPSA) is 78.6 Å². The van der Waals surface area contributed by atoms with Gasteiger partial charge in [-0.3, -0.25) is 4.79 Å². The molecular formula is C19H19NO5S. The van der Waals surface area contributed by atoms with Gasteiger partial charge in [0.2, 0.25) is 5.43 Å². The number of benzene rings is 1. The molecule has 136 valence electrons. The lowest BCUT2D eigenvalue weighted by Crippen LogP contribution is -2.25. The molecule has 3 rings (SSSR count). The van der Waals surface area contributed by atoms with Crippen molar-refractivity contribution in [3.63, 3.8) is 0 Å². The van der Waals surface area contributed by atoms with E-state index in [2.05, 4.69) is 9.72 Å². The number of thiazole rings is 1. The first-order valence-electron chi connectivity index (χ1n) is 8.20. The van der Waals surface area contributed by atoms with E-state index >= 15 is 0 Å². The van der Waals surface area contributed by atoms with Gasteiger partial charge in [0, 0.05) is 17.1 Å². The Morgan fingerprint density at radius 1 is 1.38 bits per heavy atom. The number of carbonyl (C=O) groups excluding carboxylic acids is 1. The summed E-state index contributed by atoms with van der Waals surface area (Å²) < 4.78 is 16.1. The number of nitrogens with zero attached hydrogens (tertiary/aromatic N) is 1. The van der Waals surface area contributed by atoms with Crippen molar-refractivity contribution in [3.05, 3.63) is 45.3 Å². The maximum absolute atomic E-state index is 12.9. The Hall–Kier alpha value is -2.67. The maximum Gasteiger partial charge on any atom is 0.346 e. The van der Waals surface area contributed by atoms with Crippen LogP contribution in [-0.2, 0) is 16.0 Å². The lowest BCUT2D eigenvalue weighted by Gasteiger charge is -2.15. The fourth-order valence-corrected chi connectivity index (χ4v) is 3.42. The van der Waals surface area contributed by atoms with Gasteiger partial charge in [-0.05, 0) is 31.9 Å². The predicted octanol–water partition coefficient (Wildman–Crippen LogP) is 3.73. The van der Waals surface area contributed by atoms with Gasteiger partial charge < -0.3 is 13.9 Å². The van der Waals surface area contributed by atoms with Crippen molar-refractivity contribution >= 4 is 28.3 Å². The highest BCUT2D eigenvalue weighted by atomic mass is 32.1. The summed E-state index contributed by atoms with van der Waals surface area (Å²) >= 11 is 1.41. The second kappa shape index (κ2) is 7.29. The number of ether oxygens (including phenoxy) is 2. The number of aromatic nitrogens is 1. The van der Waals surface area contributed by atoms with Crippen LogP contribution in [0.4, 0.5) is 0 Å². The van der Waals surface area contributed by atoms with Gasteiger partial charge in [-0.15, -0.1) is 11.3 Å². The van der Waals surface area contributed by atoms with Crippen molar-refractivity contribution in [3.8, 4) is 16.3 Å². The van der Waals surface area contributed by atoms with Crippen LogP contribution in [-0.4, -0.2) is 24.2 Å². The highest BCUT2D eigenvalue weighted by Gasteiger charge is 2.19. The molecule has 1 atom stereocenters. The van der Waals surface area contributed by atoms with Crippen LogP contribution in [0.25, 0.3) is 21.5 Å². The van der Waals surface area contributed by atoms with E-state index in [1.807, 2.05) is 19.2 Å². The summed E-state index contributed by atoms with van der Waals surface area (Å²) in [5.74, 6) is 0.0296. The number of methoxy groups -OCH3 is 1. The van der Waals surface area contributed by atoms with Gasteiger partial charge in [0.1, 0.15) is 22.6 Å². The van der Waals surface area contributed by atoms with E-state index in [0.29, 0.717) is 33.7 Å². The van der Waals surface area contributed by atoms with Crippen molar-refractivity contribution in [2.45, 2.75) is 33.3 Å². The molecule has 26 heavy (non-hydrogen) atoms. The molecule has 0 amide bonds. The molecule has 2 aromatic heterocycles. The Bertz CT molecular complexity index is 1020. The highest BCUT2D eigenvalue weighted by molar-refractivity contribution is 7.13. The first-order valence-corrected chi connectivity index (χ1v) is 9.08. The molecule has 0 saturated carbocycles. The fraction of sp³-hybridized carbons (Fsp3) is 0.316. The number of hydrogen-bond acceptors (Lipinski definition) is 7. The van der Waals surface area contributed by atoms with E-state index in [0.717, 1.165) is 11.3 Å². The maximum atomic E-state index is 12.9. The zero-order valence-corrected chi connectivity index (χ0v) is 15.8. The number of carbonyl (C=O) groups is 1. The van der Waals surface area contributed by atoms with Crippen LogP contribution in [0.3, 0.4) is 0 Å². The minimum atomic E-state index is -0.757. The molecule has 2 heterocycles. The lowest BCUT2D eigenvalue weighted by atomic mass is 10.1. The molecule has 1 aromatic carbocycles. The van der Waals surface area contributed by atoms with Gasteiger partial charge in [-0.2, -0.15) is 0 Å². The van der Waals surface area contributed by atoms with Crippen molar-refractivity contribution in [2.24, 2.45) is 0 Å². The molecule has 0 saturated heterocycles. The number of hydrogen-bond donors (Lipinski definition) is 0. The monoisotopic (exact) mass is 373 g/mol. The van der Waals surface area contributed by atoms with Crippen molar-refractivity contribution in [1.29, 1.82) is 0 Å². The Kier molecular flexibility index (Phi) is 5.08. The number of esters is 1. The zero-order chi connectivity index (χ0) is 18.8. The fourth-order valence-electron chi connectivity index (χ4n) is 2.62. The summed E-state index contributed by atoms with van der Waals surface area (Å²) in [6.45, 7) is 5.44. The van der Waals surface area contributed by atoms with Crippen molar-refractivity contribution in [2.75, 3.05) is 7.11 Å². The Morgan fingerprint density at radius 3 is 2.77 bits per heavy atom. The van der Waals surface area contributed by atoms with Gasteiger partial charge in [-0.25, -0.2) is 9.78 Å². The Labute approximate surface area is 154 Å². The van der Waals surface area contributed by atoms with Crippen LogP contribution in [0.5, 0.6) is 5.75 Å². The largest absolute Gasteiger partial charge is 0.479 e. The van der Waals surface area contributed by atoms with E-state index in [9.17, 15) is 9.59 Å². The van der Waals surface area contributed by atoms with Gasteiger partial charge >= 0.3 is 5.97 Å². The molecule has 0 fully saturated rings. The molecule has 1 unspecified atom stereocenters. The average Bonchev–Trinajstić information content (AvgIpc) is 3.06. The third kappa shape index (κ3) is 3.35. The van der Waals surface area contributed by atoms with Gasteiger partial charge in [0.25, 0.3) is 0 Å². The Balaban J connectivity index is 2.09. The first kappa shape index (κ1) is 18.1. The summed E-state index contributed by atoms with van der Waals surface area (Å²) in [6, 6.07) is 3.40. The Morgan fingerprint density at radius 2 is 2.15 bits per heavy atom. The summed E-state index contributed by atoms with van der Waals surface area (Å²) in [4.78, 5) is 28.9. The van der Waals surface area contributed by atoms with Crippen LogP contribution in [0, 0.1) is 6.92 Å². The van der Waals surface area contributed by atoms with E-state index in [1.54, 1.807) is 19.1 Å². The first-order chi connectivity index (χ1) is 12.4. The lowest BCUT2D eigenvalue weighted by molar-refractivity contribution is -0.147. The van der Waals surface area contributed by atoms with Crippen LogP contribution in [0.2, 0.25) is 0 Å². The normalized spacial score (nSPS) is 12.2. The van der Waals surface area contributed by atoms with E-state index in [-0.39, 0.29) is 5.43 Å². The molecule has 0 aliphatic rings. The molecule has 0 radical (unpaired) electrons. The molecule has 7 heteroatoms. The van der Waals surface area contributed by atoms with E-state index in [1.165, 1.54) is 24.7 Å². The van der Waals surface area contributed by atoms with E-state index in [4.69, 9.17) is 9.15 Å². The molecule has 0 N–H and O–H groups in total. The summed E-state index contributed by atoms with van der Waals surface area (Å²) in [7, 11) is 1.31. The number of fused-ring (bicyclic) bond motifs is 1. The summed E-state index contributed by atoms with van der Waals surface area (Å²) in [5.41, 5.74) is 2.38. The summed E-state index contributed by atoms with van der Waals surface area (Å²) in [5, 5.41) is 2.99. The number of aryl methyl sites for hydroxylation is 2. The summed E-state index contributed by atoms with van der Waals surface area (Å²) in [6.07, 6.45) is 1.30. The van der Waals surface area contributed by atoms with Gasteiger partial charge in [0.05, 0.1) is 18.1 Å². The highest BCUT2D eigenvalue weighted by Crippen LogP contribution is 2.29. The third-order valence-corrected chi connectivity index (χ3v) is 5.02. The average molecular weight is 373 g/mol. The zero-order valence-electron chi connectivity index (χ0n) is 15.0. The van der Waals surface area contributed by atoms with Gasteiger partial charge in [0.15, 0.2) is 6.10 Å². The molecule has 6 nitrogen and oxygen atoms in total. The van der Waals surface area contributed by atoms with Crippen LogP contribution in [0.15, 0.2) is 33.0 Å². The smallest absolute Gasteiger partial charge is 0.346 e. The molecule has 0 aliphatic heterocycles. The van der Waals surface area contributed by atoms with Gasteiger partial charge in [-0.1, -0.05) is 6.92 Å². The van der Waals surface area contributed by atoms with Crippen molar-refractivity contribution in [1.82, 2.24) is 4.98 Å². The second-order valence-electron chi connectivity index (χ2n) is 5.87. The SMILES string of the molecule is CCc1cc2c(=O)c(-c3nc(C)cs3)coc2cc1OC(C)C(=O)OC. The predicted molar refractivity (Wildman–Crippen MR) is 99.8 cm³/mol. The van der Waals surface area contributed by atoms with E-state index < -0.39 is 12.1 Å². The quantitative estimate of drug-likeness (QED) is 0.634. The van der Waals surface area contributed by atoms with Crippen LogP contribution < -0.4 is 10.2 Å². The molecule has 0 spiro atoms. The molecule has 0 aliphatic carbocycles. The molecule has 3 aromatic rings. The minimum Gasteiger partial charge on any atom is -0.479 e. The van der Waals surface area contributed by atoms with Crippen LogP contribution >= 0.6 is 11.3 Å². The molecule has 0 bridgehead atoms.